The number of nitrogens with one attached hydrogen (secondary N) is 1. The van der Waals surface area contributed by atoms with Crippen molar-refractivity contribution >= 4 is 23.2 Å². The highest BCUT2D eigenvalue weighted by Crippen LogP contribution is 2.46. The van der Waals surface area contributed by atoms with Crippen molar-refractivity contribution in [3.8, 4) is 11.1 Å². The topological polar surface area (TPSA) is 49.3 Å². The van der Waals surface area contributed by atoms with Gasteiger partial charge in [-0.05, 0) is 46.5 Å². The number of fused-ring (bicyclic) bond motifs is 3. The molecule has 0 bridgehead atoms. The maximum atomic E-state index is 13.3. The number of hydrogen-bond acceptors (Lipinski definition) is 2. The van der Waals surface area contributed by atoms with Crippen LogP contribution in [0, 0.1) is 5.82 Å². The van der Waals surface area contributed by atoms with E-state index < -0.39 is 11.9 Å². The number of aliphatic hydroxyl groups excluding tert-OH is 1. The average molecular weight is 292 g/mol. The lowest BCUT2D eigenvalue weighted by molar-refractivity contribution is -0.114. The van der Waals surface area contributed by atoms with Crippen LogP contribution in [0.5, 0.6) is 0 Å². The second kappa shape index (κ2) is 4.58. The van der Waals surface area contributed by atoms with Gasteiger partial charge in [0.15, 0.2) is 0 Å². The molecule has 102 valence electrons. The summed E-state index contributed by atoms with van der Waals surface area (Å²) in [4.78, 5) is 11.1. The molecule has 1 aliphatic rings. The predicted octanol–water partition coefficient (Wildman–Crippen LogP) is 3.50. The minimum atomic E-state index is -0.916. The number of rotatable bonds is 1. The highest BCUT2D eigenvalue weighted by Gasteiger charge is 2.28. The van der Waals surface area contributed by atoms with Crippen LogP contribution in [0.2, 0.25) is 5.02 Å². The first-order valence-corrected chi connectivity index (χ1v) is 6.44. The summed E-state index contributed by atoms with van der Waals surface area (Å²) in [5.41, 5.74) is 3.07. The summed E-state index contributed by atoms with van der Waals surface area (Å²) >= 11 is 6.13. The molecule has 2 aromatic rings. The van der Waals surface area contributed by atoms with E-state index in [0.717, 1.165) is 11.1 Å². The number of amides is 1. The SMILES string of the molecule is CC(=O)Nc1cc2c(cc1Cl)-c1ccc(F)cc1[C@@H]2O. The molecular weight excluding hydrogens is 281 g/mol. The number of halogens is 2. The largest absolute Gasteiger partial charge is 0.384 e. The molecule has 1 amide bonds. The van der Waals surface area contributed by atoms with Gasteiger partial charge in [0.1, 0.15) is 11.9 Å². The predicted molar refractivity (Wildman–Crippen MR) is 75.2 cm³/mol. The molecule has 20 heavy (non-hydrogen) atoms. The summed E-state index contributed by atoms with van der Waals surface area (Å²) in [6.07, 6.45) is -0.916. The Hall–Kier alpha value is -1.91. The van der Waals surface area contributed by atoms with E-state index in [0.29, 0.717) is 21.8 Å². The lowest BCUT2D eigenvalue weighted by Gasteiger charge is -2.10. The maximum absolute atomic E-state index is 13.3. The molecule has 0 heterocycles. The number of benzene rings is 2. The van der Waals surface area contributed by atoms with Crippen molar-refractivity contribution in [1.82, 2.24) is 0 Å². The fraction of sp³-hybridized carbons (Fsp3) is 0.133. The zero-order valence-corrected chi connectivity index (χ0v) is 11.3. The van der Waals surface area contributed by atoms with Crippen molar-refractivity contribution in [2.24, 2.45) is 0 Å². The molecule has 0 saturated carbocycles. The molecule has 0 aromatic heterocycles. The third-order valence-corrected chi connectivity index (χ3v) is 3.66. The number of carbonyl (C=O) groups is 1. The molecule has 0 saturated heterocycles. The first-order chi connectivity index (χ1) is 9.47. The van der Waals surface area contributed by atoms with Crippen molar-refractivity contribution < 1.29 is 14.3 Å². The van der Waals surface area contributed by atoms with Crippen molar-refractivity contribution in [1.29, 1.82) is 0 Å². The van der Waals surface area contributed by atoms with Crippen LogP contribution in [0.15, 0.2) is 30.3 Å². The lowest BCUT2D eigenvalue weighted by Crippen LogP contribution is -2.07. The molecule has 0 radical (unpaired) electrons. The molecule has 3 nitrogen and oxygen atoms in total. The summed E-state index contributed by atoms with van der Waals surface area (Å²) in [7, 11) is 0. The van der Waals surface area contributed by atoms with Crippen LogP contribution in [0.4, 0.5) is 10.1 Å². The fourth-order valence-electron chi connectivity index (χ4n) is 2.51. The van der Waals surface area contributed by atoms with E-state index in [-0.39, 0.29) is 5.91 Å². The summed E-state index contributed by atoms with van der Waals surface area (Å²) in [5, 5.41) is 13.3. The molecule has 5 heteroatoms. The Morgan fingerprint density at radius 2 is 1.95 bits per heavy atom. The maximum Gasteiger partial charge on any atom is 0.221 e. The van der Waals surface area contributed by atoms with Crippen molar-refractivity contribution in [2.75, 3.05) is 5.32 Å². The van der Waals surface area contributed by atoms with Gasteiger partial charge >= 0.3 is 0 Å². The molecule has 1 atom stereocenters. The van der Waals surface area contributed by atoms with Crippen LogP contribution in [0.1, 0.15) is 24.2 Å². The minimum absolute atomic E-state index is 0.247. The van der Waals surface area contributed by atoms with Crippen LogP contribution >= 0.6 is 11.6 Å². The highest BCUT2D eigenvalue weighted by molar-refractivity contribution is 6.34. The Kier molecular flexibility index (Phi) is 3.00. The zero-order chi connectivity index (χ0) is 14.4. The summed E-state index contributed by atoms with van der Waals surface area (Å²) < 4.78 is 13.3. The fourth-order valence-corrected chi connectivity index (χ4v) is 2.72. The number of hydrogen-bond donors (Lipinski definition) is 2. The van der Waals surface area contributed by atoms with E-state index in [4.69, 9.17) is 11.6 Å². The molecular formula is C15H11ClFNO2. The molecule has 0 spiro atoms. The second-order valence-electron chi connectivity index (χ2n) is 4.73. The standard InChI is InChI=1S/C15H11ClFNO2/c1-7(19)18-14-6-12-10(5-13(14)16)9-3-2-8(17)4-11(9)15(12)20/h2-6,15,20H,1H3,(H,18,19)/t15-/m0/s1. The smallest absolute Gasteiger partial charge is 0.221 e. The summed E-state index contributed by atoms with van der Waals surface area (Å²) in [5.74, 6) is -0.647. The first kappa shape index (κ1) is 13.1. The van der Waals surface area contributed by atoms with E-state index in [2.05, 4.69) is 5.32 Å². The molecule has 2 N–H and O–H groups in total. The van der Waals surface area contributed by atoms with Gasteiger partial charge in [0.2, 0.25) is 5.91 Å². The van der Waals surface area contributed by atoms with Crippen molar-refractivity contribution in [2.45, 2.75) is 13.0 Å². The molecule has 0 fully saturated rings. The van der Waals surface area contributed by atoms with Gasteiger partial charge in [0.05, 0.1) is 10.7 Å². The van der Waals surface area contributed by atoms with E-state index in [1.165, 1.54) is 19.1 Å². The third-order valence-electron chi connectivity index (χ3n) is 3.34. The van der Waals surface area contributed by atoms with Gasteiger partial charge in [0.25, 0.3) is 0 Å². The quantitative estimate of drug-likeness (QED) is 0.845. The monoisotopic (exact) mass is 291 g/mol. The van der Waals surface area contributed by atoms with Gasteiger partial charge in [0, 0.05) is 6.92 Å². The normalized spacial score (nSPS) is 15.7. The first-order valence-electron chi connectivity index (χ1n) is 6.06. The van der Waals surface area contributed by atoms with Crippen LogP contribution < -0.4 is 5.32 Å². The van der Waals surface area contributed by atoms with Gasteiger partial charge in [-0.1, -0.05) is 17.7 Å². The molecule has 3 rings (SSSR count). The molecule has 2 aromatic carbocycles. The van der Waals surface area contributed by atoms with Crippen LogP contribution in [0.3, 0.4) is 0 Å². The van der Waals surface area contributed by atoms with Gasteiger partial charge in [-0.2, -0.15) is 0 Å². The number of aliphatic hydroxyl groups is 1. The Morgan fingerprint density at radius 3 is 2.65 bits per heavy atom. The number of anilines is 1. The molecule has 0 unspecified atom stereocenters. The second-order valence-corrected chi connectivity index (χ2v) is 5.14. The van der Waals surface area contributed by atoms with Gasteiger partial charge in [-0.25, -0.2) is 4.39 Å². The Morgan fingerprint density at radius 1 is 1.25 bits per heavy atom. The molecule has 1 aliphatic carbocycles. The summed E-state index contributed by atoms with van der Waals surface area (Å²) in [6.45, 7) is 1.38. The van der Waals surface area contributed by atoms with E-state index in [9.17, 15) is 14.3 Å². The van der Waals surface area contributed by atoms with Crippen LogP contribution in [-0.4, -0.2) is 11.0 Å². The van der Waals surface area contributed by atoms with Crippen LogP contribution in [-0.2, 0) is 4.79 Å². The van der Waals surface area contributed by atoms with E-state index in [1.54, 1.807) is 18.2 Å². The summed E-state index contributed by atoms with van der Waals surface area (Å²) in [6, 6.07) is 7.58. The number of carbonyl (C=O) groups excluding carboxylic acids is 1. The lowest BCUT2D eigenvalue weighted by atomic mass is 10.1. The van der Waals surface area contributed by atoms with Crippen molar-refractivity contribution in [3.63, 3.8) is 0 Å². The average Bonchev–Trinajstić information content (AvgIpc) is 2.63. The van der Waals surface area contributed by atoms with E-state index >= 15 is 0 Å². The highest BCUT2D eigenvalue weighted by atomic mass is 35.5. The van der Waals surface area contributed by atoms with Crippen LogP contribution in [0.25, 0.3) is 11.1 Å². The van der Waals surface area contributed by atoms with Gasteiger partial charge in [-0.3, -0.25) is 4.79 Å². The minimum Gasteiger partial charge on any atom is -0.384 e. The molecule has 0 aliphatic heterocycles. The third kappa shape index (κ3) is 1.97. The zero-order valence-electron chi connectivity index (χ0n) is 10.6. The Balaban J connectivity index is 2.17. The van der Waals surface area contributed by atoms with Gasteiger partial charge in [-0.15, -0.1) is 0 Å². The van der Waals surface area contributed by atoms with E-state index in [1.807, 2.05) is 0 Å². The Labute approximate surface area is 120 Å². The Bertz CT molecular complexity index is 730. The van der Waals surface area contributed by atoms with Gasteiger partial charge < -0.3 is 10.4 Å². The van der Waals surface area contributed by atoms with Crippen molar-refractivity contribution in [3.05, 3.63) is 52.3 Å².